The minimum Gasteiger partial charge on any atom is -0.378 e. The van der Waals surface area contributed by atoms with Gasteiger partial charge < -0.3 is 19.3 Å². The number of ether oxygens (including phenoxy) is 2. The molecule has 1 aromatic heterocycles. The number of nitrogens with zero attached hydrogens (tertiary/aromatic N) is 4. The third-order valence-electron chi connectivity index (χ3n) is 5.63. The van der Waals surface area contributed by atoms with Crippen LogP contribution in [0, 0.1) is 6.92 Å². The molecule has 4 heterocycles. The summed E-state index contributed by atoms with van der Waals surface area (Å²) < 4.78 is 11.4. The van der Waals surface area contributed by atoms with Crippen LogP contribution in [0.15, 0.2) is 0 Å². The molecule has 1 atom stereocenters. The van der Waals surface area contributed by atoms with E-state index in [-0.39, 0.29) is 11.3 Å². The Morgan fingerprint density at radius 1 is 1.20 bits per heavy atom. The number of morpholine rings is 1. The molecular formula is C18H26N4O3. The van der Waals surface area contributed by atoms with E-state index in [2.05, 4.69) is 4.90 Å². The molecule has 0 unspecified atom stereocenters. The van der Waals surface area contributed by atoms with Crippen LogP contribution in [0.3, 0.4) is 0 Å². The molecule has 1 aromatic rings. The van der Waals surface area contributed by atoms with Crippen LogP contribution in [0.4, 0.5) is 5.95 Å². The maximum absolute atomic E-state index is 12.2. The third kappa shape index (κ3) is 2.89. The predicted octanol–water partition coefficient (Wildman–Crippen LogP) is 1.03. The quantitative estimate of drug-likeness (QED) is 0.797. The van der Waals surface area contributed by atoms with E-state index in [1.165, 1.54) is 0 Å². The summed E-state index contributed by atoms with van der Waals surface area (Å²) in [5.41, 5.74) is 3.01. The summed E-state index contributed by atoms with van der Waals surface area (Å²) in [7, 11) is 0. The highest BCUT2D eigenvalue weighted by Crippen LogP contribution is 2.40. The first-order valence-electron chi connectivity index (χ1n) is 9.19. The van der Waals surface area contributed by atoms with Gasteiger partial charge in [0.25, 0.3) is 0 Å². The molecule has 0 bridgehead atoms. The number of aromatic nitrogens is 2. The fourth-order valence-electron chi connectivity index (χ4n) is 4.13. The Hall–Kier alpha value is -1.73. The van der Waals surface area contributed by atoms with E-state index < -0.39 is 0 Å². The molecule has 0 radical (unpaired) electrons. The zero-order valence-electron chi connectivity index (χ0n) is 15.1. The van der Waals surface area contributed by atoms with E-state index >= 15 is 0 Å². The highest BCUT2D eigenvalue weighted by molar-refractivity contribution is 5.76. The standard InChI is InChI=1S/C18H26N4O3/c1-3-15(23)22-5-4-18(11-22)12-25-10-14-13(2)19-17(20-16(14)18)21-6-8-24-9-7-21/h3-12H2,1-2H3/t18-/m0/s1. The molecule has 0 aliphatic carbocycles. The Labute approximate surface area is 148 Å². The number of carbonyl (C=O) groups excluding carboxylic acids is 1. The second kappa shape index (κ2) is 6.53. The zero-order chi connectivity index (χ0) is 17.4. The molecule has 1 amide bonds. The average molecular weight is 346 g/mol. The molecule has 136 valence electrons. The van der Waals surface area contributed by atoms with Crippen LogP contribution in [-0.4, -0.2) is 66.8 Å². The van der Waals surface area contributed by atoms with Gasteiger partial charge in [-0.05, 0) is 13.3 Å². The summed E-state index contributed by atoms with van der Waals surface area (Å²) in [5.74, 6) is 1.00. The van der Waals surface area contributed by atoms with Gasteiger partial charge in [-0.3, -0.25) is 4.79 Å². The normalized spacial score (nSPS) is 26.2. The first-order chi connectivity index (χ1) is 12.1. The van der Waals surface area contributed by atoms with Gasteiger partial charge in [-0.25, -0.2) is 9.97 Å². The topological polar surface area (TPSA) is 67.8 Å². The minimum absolute atomic E-state index is 0.187. The van der Waals surface area contributed by atoms with E-state index in [0.29, 0.717) is 39.4 Å². The monoisotopic (exact) mass is 346 g/mol. The lowest BCUT2D eigenvalue weighted by Gasteiger charge is -2.36. The Bertz CT molecular complexity index is 675. The molecule has 0 saturated carbocycles. The second-order valence-electron chi connectivity index (χ2n) is 7.23. The van der Waals surface area contributed by atoms with E-state index in [1.807, 2.05) is 18.7 Å². The molecule has 0 N–H and O–H groups in total. The summed E-state index contributed by atoms with van der Waals surface area (Å²) in [4.78, 5) is 26.1. The van der Waals surface area contributed by atoms with Crippen molar-refractivity contribution in [1.29, 1.82) is 0 Å². The summed E-state index contributed by atoms with van der Waals surface area (Å²) >= 11 is 0. The lowest BCUT2D eigenvalue weighted by Crippen LogP contribution is -2.43. The van der Waals surface area contributed by atoms with Gasteiger partial charge in [0.1, 0.15) is 0 Å². The maximum atomic E-state index is 12.2. The zero-order valence-corrected chi connectivity index (χ0v) is 15.1. The molecule has 2 saturated heterocycles. The van der Waals surface area contributed by atoms with Crippen LogP contribution in [0.25, 0.3) is 0 Å². The number of aryl methyl sites for hydroxylation is 1. The highest BCUT2D eigenvalue weighted by atomic mass is 16.5. The summed E-state index contributed by atoms with van der Waals surface area (Å²) in [6.45, 7) is 9.71. The van der Waals surface area contributed by atoms with Crippen molar-refractivity contribution in [2.75, 3.05) is 50.9 Å². The molecular weight excluding hydrogens is 320 g/mol. The second-order valence-corrected chi connectivity index (χ2v) is 7.23. The van der Waals surface area contributed by atoms with Gasteiger partial charge in [0.2, 0.25) is 11.9 Å². The molecule has 3 aliphatic rings. The number of anilines is 1. The van der Waals surface area contributed by atoms with Gasteiger partial charge in [-0.1, -0.05) is 6.92 Å². The van der Waals surface area contributed by atoms with Crippen molar-refractivity contribution >= 4 is 11.9 Å². The van der Waals surface area contributed by atoms with Gasteiger partial charge >= 0.3 is 0 Å². The fraction of sp³-hybridized carbons (Fsp3) is 0.722. The van der Waals surface area contributed by atoms with E-state index in [0.717, 1.165) is 49.0 Å². The van der Waals surface area contributed by atoms with Crippen LogP contribution in [0.2, 0.25) is 0 Å². The number of carbonyl (C=O) groups is 1. The largest absolute Gasteiger partial charge is 0.378 e. The van der Waals surface area contributed by atoms with Crippen LogP contribution >= 0.6 is 0 Å². The fourth-order valence-corrected chi connectivity index (χ4v) is 4.13. The van der Waals surface area contributed by atoms with Gasteiger partial charge in [-0.15, -0.1) is 0 Å². The third-order valence-corrected chi connectivity index (χ3v) is 5.63. The van der Waals surface area contributed by atoms with E-state index in [1.54, 1.807) is 0 Å². The van der Waals surface area contributed by atoms with Crippen LogP contribution in [0.1, 0.15) is 36.7 Å². The summed E-state index contributed by atoms with van der Waals surface area (Å²) in [5, 5.41) is 0. The van der Waals surface area contributed by atoms with Crippen LogP contribution in [0.5, 0.6) is 0 Å². The van der Waals surface area contributed by atoms with Crippen molar-refractivity contribution in [3.05, 3.63) is 17.0 Å². The number of fused-ring (bicyclic) bond motifs is 2. The Kier molecular flexibility index (Phi) is 4.37. The predicted molar refractivity (Wildman–Crippen MR) is 92.6 cm³/mol. The lowest BCUT2D eigenvalue weighted by atomic mass is 9.80. The molecule has 2 fully saturated rings. The average Bonchev–Trinajstić information content (AvgIpc) is 3.07. The molecule has 25 heavy (non-hydrogen) atoms. The molecule has 7 nitrogen and oxygen atoms in total. The maximum Gasteiger partial charge on any atom is 0.225 e. The molecule has 4 rings (SSSR count). The number of amides is 1. The smallest absolute Gasteiger partial charge is 0.225 e. The van der Waals surface area contributed by atoms with Crippen LogP contribution < -0.4 is 4.90 Å². The Morgan fingerprint density at radius 3 is 2.76 bits per heavy atom. The number of hydrogen-bond donors (Lipinski definition) is 0. The van der Waals surface area contributed by atoms with Crippen molar-refractivity contribution in [3.8, 4) is 0 Å². The van der Waals surface area contributed by atoms with E-state index in [4.69, 9.17) is 19.4 Å². The van der Waals surface area contributed by atoms with Crippen molar-refractivity contribution < 1.29 is 14.3 Å². The van der Waals surface area contributed by atoms with Gasteiger partial charge in [-0.2, -0.15) is 0 Å². The lowest BCUT2D eigenvalue weighted by molar-refractivity contribution is -0.130. The number of rotatable bonds is 2. The number of likely N-dealkylation sites (tertiary alicyclic amines) is 1. The summed E-state index contributed by atoms with van der Waals surface area (Å²) in [6, 6.07) is 0. The van der Waals surface area contributed by atoms with Crippen molar-refractivity contribution in [2.24, 2.45) is 0 Å². The molecule has 1 spiro atoms. The minimum atomic E-state index is -0.187. The molecule has 0 aromatic carbocycles. The first-order valence-corrected chi connectivity index (χ1v) is 9.19. The van der Waals surface area contributed by atoms with Gasteiger partial charge in [0, 0.05) is 43.9 Å². The molecule has 7 heteroatoms. The number of hydrogen-bond acceptors (Lipinski definition) is 6. The molecule has 3 aliphatic heterocycles. The van der Waals surface area contributed by atoms with Crippen molar-refractivity contribution in [1.82, 2.24) is 14.9 Å². The highest BCUT2D eigenvalue weighted by Gasteiger charge is 2.46. The van der Waals surface area contributed by atoms with Gasteiger partial charge in [0.15, 0.2) is 0 Å². The van der Waals surface area contributed by atoms with Crippen molar-refractivity contribution in [2.45, 2.75) is 38.7 Å². The van der Waals surface area contributed by atoms with Crippen molar-refractivity contribution in [3.63, 3.8) is 0 Å². The SMILES string of the molecule is CCC(=O)N1CC[C@@]2(COCc3c(C)nc(N4CCOCC4)nc32)C1. The first kappa shape index (κ1) is 16.7. The van der Waals surface area contributed by atoms with Gasteiger partial charge in [0.05, 0.1) is 37.5 Å². The Balaban J connectivity index is 1.70. The van der Waals surface area contributed by atoms with E-state index in [9.17, 15) is 4.79 Å². The summed E-state index contributed by atoms with van der Waals surface area (Å²) in [6.07, 6.45) is 1.45. The van der Waals surface area contributed by atoms with Crippen LogP contribution in [-0.2, 0) is 26.3 Å². The Morgan fingerprint density at radius 2 is 2.00 bits per heavy atom.